The first-order valence-corrected chi connectivity index (χ1v) is 8.05. The Morgan fingerprint density at radius 2 is 1.92 bits per heavy atom. The van der Waals surface area contributed by atoms with Crippen LogP contribution in [-0.2, 0) is 12.1 Å². The number of rotatable bonds is 6. The zero-order valence-electron chi connectivity index (χ0n) is 14.3. The Labute approximate surface area is 141 Å². The quantitative estimate of drug-likeness (QED) is 0.650. The molecule has 0 bridgehead atoms. The average molecular weight is 325 g/mol. The van der Waals surface area contributed by atoms with Gasteiger partial charge in [0.2, 0.25) is 0 Å². The summed E-state index contributed by atoms with van der Waals surface area (Å²) in [5.74, 6) is 1.36. The number of aryl methyl sites for hydroxylation is 2. The summed E-state index contributed by atoms with van der Waals surface area (Å²) in [4.78, 5) is 0. The second-order valence-electron chi connectivity index (χ2n) is 6.42. The first-order chi connectivity index (χ1) is 11.5. The summed E-state index contributed by atoms with van der Waals surface area (Å²) >= 11 is 0. The van der Waals surface area contributed by atoms with Crippen molar-refractivity contribution in [1.82, 2.24) is 15.5 Å². The monoisotopic (exact) mass is 325 g/mol. The normalized spacial score (nSPS) is 13.8. The van der Waals surface area contributed by atoms with Crippen LogP contribution in [0.1, 0.15) is 29.6 Å². The molecule has 0 amide bonds. The number of hydrogen-bond donors (Lipinski definition) is 3. The summed E-state index contributed by atoms with van der Waals surface area (Å²) in [5, 5.41) is 21.1. The summed E-state index contributed by atoms with van der Waals surface area (Å²) in [7, 11) is 0. The molecule has 1 atom stereocenters. The van der Waals surface area contributed by atoms with Gasteiger partial charge in [-0.25, -0.2) is 0 Å². The van der Waals surface area contributed by atoms with Crippen LogP contribution in [0.5, 0.6) is 0 Å². The Morgan fingerprint density at radius 1 is 1.17 bits per heavy atom. The molecule has 2 heterocycles. The predicted octanol–water partition coefficient (Wildman–Crippen LogP) is 3.28. The summed E-state index contributed by atoms with van der Waals surface area (Å²) in [5.41, 5.74) is 3.33. The minimum absolute atomic E-state index is 0.387. The molecule has 0 spiro atoms. The zero-order valence-corrected chi connectivity index (χ0v) is 14.3. The van der Waals surface area contributed by atoms with Crippen LogP contribution in [0.4, 0.5) is 0 Å². The van der Waals surface area contributed by atoms with Gasteiger partial charge in [0, 0.05) is 18.7 Å². The van der Waals surface area contributed by atoms with E-state index in [0.29, 0.717) is 18.8 Å². The molecule has 0 saturated heterocycles. The third-order valence-corrected chi connectivity index (χ3v) is 4.11. The van der Waals surface area contributed by atoms with Crippen molar-refractivity contribution in [1.29, 1.82) is 0 Å². The van der Waals surface area contributed by atoms with Crippen LogP contribution < -0.4 is 5.32 Å². The second-order valence-corrected chi connectivity index (χ2v) is 6.42. The maximum atomic E-state index is 10.6. The molecule has 1 unspecified atom stereocenters. The van der Waals surface area contributed by atoms with Gasteiger partial charge in [-0.3, -0.25) is 5.10 Å². The molecule has 3 rings (SSSR count). The first kappa shape index (κ1) is 16.5. The fourth-order valence-corrected chi connectivity index (χ4v) is 2.67. The van der Waals surface area contributed by atoms with E-state index < -0.39 is 5.60 Å². The molecule has 5 nitrogen and oxygen atoms in total. The Bertz CT molecular complexity index is 800. The largest absolute Gasteiger partial charge is 0.463 e. The molecule has 5 heteroatoms. The molecule has 3 N–H and O–H groups in total. The van der Waals surface area contributed by atoms with Crippen LogP contribution in [0, 0.1) is 13.8 Å². The van der Waals surface area contributed by atoms with E-state index >= 15 is 0 Å². The first-order valence-electron chi connectivity index (χ1n) is 8.05. The maximum absolute atomic E-state index is 10.6. The Kier molecular flexibility index (Phi) is 4.55. The summed E-state index contributed by atoms with van der Waals surface area (Å²) in [6, 6.07) is 12.0. The molecular formula is C19H23N3O2. The number of H-pyrrole nitrogens is 1. The number of aromatic amines is 1. The van der Waals surface area contributed by atoms with E-state index in [2.05, 4.69) is 46.7 Å². The summed E-state index contributed by atoms with van der Waals surface area (Å²) < 4.78 is 5.53. The van der Waals surface area contributed by atoms with Gasteiger partial charge in [-0.2, -0.15) is 5.10 Å². The lowest BCUT2D eigenvalue weighted by atomic mass is 10.0. The predicted molar refractivity (Wildman–Crippen MR) is 93.5 cm³/mol. The molecule has 0 aliphatic carbocycles. The van der Waals surface area contributed by atoms with Crippen molar-refractivity contribution in [3.05, 3.63) is 65.2 Å². The number of nitrogens with zero attached hydrogens (tertiary/aromatic N) is 1. The van der Waals surface area contributed by atoms with E-state index in [1.54, 1.807) is 6.92 Å². The minimum atomic E-state index is -1.05. The van der Waals surface area contributed by atoms with E-state index in [1.807, 2.05) is 25.3 Å². The fourth-order valence-electron chi connectivity index (χ4n) is 2.67. The highest BCUT2D eigenvalue weighted by Crippen LogP contribution is 2.24. The standard InChI is InChI=1S/C19H23N3O2/c1-13-4-7-15(8-5-13)18-16(11-21-22-18)10-20-12-19(3,23)17-9-6-14(2)24-17/h4-9,11,20,23H,10,12H2,1-3H3,(H,21,22). The van der Waals surface area contributed by atoms with E-state index in [4.69, 9.17) is 4.42 Å². The van der Waals surface area contributed by atoms with Gasteiger partial charge >= 0.3 is 0 Å². The van der Waals surface area contributed by atoms with Gasteiger partial charge < -0.3 is 14.8 Å². The van der Waals surface area contributed by atoms with Crippen molar-refractivity contribution in [2.24, 2.45) is 0 Å². The van der Waals surface area contributed by atoms with Crippen LogP contribution in [-0.4, -0.2) is 21.8 Å². The highest BCUT2D eigenvalue weighted by molar-refractivity contribution is 5.62. The van der Waals surface area contributed by atoms with Gasteiger partial charge in [-0.15, -0.1) is 0 Å². The Hall–Kier alpha value is -2.37. The van der Waals surface area contributed by atoms with E-state index in [1.165, 1.54) is 5.56 Å². The molecule has 0 aliphatic heterocycles. The number of hydrogen-bond acceptors (Lipinski definition) is 4. The summed E-state index contributed by atoms with van der Waals surface area (Å²) in [6.07, 6.45) is 1.81. The summed E-state index contributed by atoms with van der Waals surface area (Å²) in [6.45, 7) is 6.67. The van der Waals surface area contributed by atoms with Gasteiger partial charge in [0.15, 0.2) is 0 Å². The fraction of sp³-hybridized carbons (Fsp3) is 0.316. The lowest BCUT2D eigenvalue weighted by Gasteiger charge is -2.21. The smallest absolute Gasteiger partial charge is 0.136 e. The number of furan rings is 1. The molecule has 126 valence electrons. The van der Waals surface area contributed by atoms with Gasteiger partial charge in [0.05, 0.1) is 11.9 Å². The van der Waals surface area contributed by atoms with Crippen LogP contribution >= 0.6 is 0 Å². The lowest BCUT2D eigenvalue weighted by molar-refractivity contribution is 0.0333. The molecule has 1 aromatic carbocycles. The molecule has 2 aromatic heterocycles. The molecule has 24 heavy (non-hydrogen) atoms. The van der Waals surface area contributed by atoms with Crippen molar-refractivity contribution >= 4 is 0 Å². The molecule has 0 aliphatic rings. The van der Waals surface area contributed by atoms with E-state index in [9.17, 15) is 5.11 Å². The van der Waals surface area contributed by atoms with Gasteiger partial charge in [0.1, 0.15) is 17.1 Å². The van der Waals surface area contributed by atoms with Gasteiger partial charge in [0.25, 0.3) is 0 Å². The van der Waals surface area contributed by atoms with Crippen molar-refractivity contribution in [2.75, 3.05) is 6.54 Å². The number of aliphatic hydroxyl groups is 1. The van der Waals surface area contributed by atoms with Crippen LogP contribution in [0.2, 0.25) is 0 Å². The second kappa shape index (κ2) is 6.63. The number of nitrogens with one attached hydrogen (secondary N) is 2. The number of aromatic nitrogens is 2. The maximum Gasteiger partial charge on any atom is 0.136 e. The van der Waals surface area contributed by atoms with Crippen LogP contribution in [0.3, 0.4) is 0 Å². The Morgan fingerprint density at radius 3 is 2.58 bits per heavy atom. The highest BCUT2D eigenvalue weighted by atomic mass is 16.4. The molecule has 0 saturated carbocycles. The van der Waals surface area contributed by atoms with E-state index in [0.717, 1.165) is 22.6 Å². The third kappa shape index (κ3) is 3.58. The lowest BCUT2D eigenvalue weighted by Crippen LogP contribution is -2.34. The molecule has 3 aromatic rings. The van der Waals surface area contributed by atoms with Gasteiger partial charge in [-0.1, -0.05) is 29.8 Å². The van der Waals surface area contributed by atoms with Crippen LogP contribution in [0.15, 0.2) is 47.0 Å². The highest BCUT2D eigenvalue weighted by Gasteiger charge is 2.26. The van der Waals surface area contributed by atoms with Crippen molar-refractivity contribution in [2.45, 2.75) is 32.9 Å². The molecule has 0 radical (unpaired) electrons. The molecular weight excluding hydrogens is 302 g/mol. The van der Waals surface area contributed by atoms with Crippen molar-refractivity contribution in [3.63, 3.8) is 0 Å². The van der Waals surface area contributed by atoms with Crippen molar-refractivity contribution < 1.29 is 9.52 Å². The topological polar surface area (TPSA) is 74.1 Å². The minimum Gasteiger partial charge on any atom is -0.463 e. The number of benzene rings is 1. The average Bonchev–Trinajstić information content (AvgIpc) is 3.17. The molecule has 0 fully saturated rings. The van der Waals surface area contributed by atoms with Crippen molar-refractivity contribution in [3.8, 4) is 11.3 Å². The Balaban J connectivity index is 1.66. The third-order valence-electron chi connectivity index (χ3n) is 4.11. The van der Waals surface area contributed by atoms with Crippen LogP contribution in [0.25, 0.3) is 11.3 Å². The zero-order chi connectivity index (χ0) is 17.2. The SMILES string of the molecule is Cc1ccc(-c2[nH]ncc2CNCC(C)(O)c2ccc(C)o2)cc1. The van der Waals surface area contributed by atoms with Gasteiger partial charge in [-0.05, 0) is 38.5 Å². The van der Waals surface area contributed by atoms with E-state index in [-0.39, 0.29) is 0 Å².